The van der Waals surface area contributed by atoms with Crippen LogP contribution in [0.25, 0.3) is 0 Å². The van der Waals surface area contributed by atoms with Crippen molar-refractivity contribution in [2.24, 2.45) is 16.6 Å². The van der Waals surface area contributed by atoms with E-state index in [4.69, 9.17) is 10.5 Å². The summed E-state index contributed by atoms with van der Waals surface area (Å²) >= 11 is 0. The normalized spacial score (nSPS) is 25.3. The van der Waals surface area contributed by atoms with E-state index in [9.17, 15) is 4.79 Å². The summed E-state index contributed by atoms with van der Waals surface area (Å²) in [7, 11) is 0. The summed E-state index contributed by atoms with van der Waals surface area (Å²) in [6, 6.07) is 0. The number of nitrogens with two attached hydrogens (primary N) is 1. The first-order valence-electron chi connectivity index (χ1n) is 6.70. The zero-order valence-corrected chi connectivity index (χ0v) is 10.8. The van der Waals surface area contributed by atoms with Gasteiger partial charge in [-0.3, -0.25) is 4.79 Å². The zero-order valence-electron chi connectivity index (χ0n) is 10.8. The van der Waals surface area contributed by atoms with Gasteiger partial charge >= 0.3 is 5.97 Å². The summed E-state index contributed by atoms with van der Waals surface area (Å²) in [5.41, 5.74) is 6.38. The van der Waals surface area contributed by atoms with Gasteiger partial charge in [-0.2, -0.15) is 0 Å². The van der Waals surface area contributed by atoms with E-state index in [1.807, 2.05) is 6.92 Å². The van der Waals surface area contributed by atoms with Crippen molar-refractivity contribution in [3.63, 3.8) is 0 Å². The minimum atomic E-state index is -0.0817. The van der Waals surface area contributed by atoms with Gasteiger partial charge in [0.15, 0.2) is 0 Å². The maximum absolute atomic E-state index is 11.6. The predicted molar refractivity (Wildman–Crippen MR) is 66.5 cm³/mol. The lowest BCUT2D eigenvalue weighted by atomic mass is 9.49. The number of ether oxygens (including phenoxy) is 1. The van der Waals surface area contributed by atoms with Gasteiger partial charge in [-0.1, -0.05) is 0 Å². The summed E-state index contributed by atoms with van der Waals surface area (Å²) < 4.78 is 5.04. The molecule has 0 aromatic carbocycles. The first kappa shape index (κ1) is 12.8. The van der Waals surface area contributed by atoms with Crippen LogP contribution in [0.2, 0.25) is 0 Å². The molecule has 0 amide bonds. The van der Waals surface area contributed by atoms with Crippen LogP contribution in [0.1, 0.15) is 39.0 Å². The molecule has 3 N–H and O–H groups in total. The Morgan fingerprint density at radius 3 is 2.53 bits per heavy atom. The fourth-order valence-corrected chi connectivity index (χ4v) is 3.71. The van der Waals surface area contributed by atoms with E-state index >= 15 is 0 Å². The van der Waals surface area contributed by atoms with E-state index in [1.165, 1.54) is 12.8 Å². The van der Waals surface area contributed by atoms with E-state index < -0.39 is 0 Å². The molecule has 1 aliphatic heterocycles. The summed E-state index contributed by atoms with van der Waals surface area (Å²) in [4.78, 5) is 11.6. The highest BCUT2D eigenvalue weighted by Gasteiger charge is 2.54. The zero-order chi connectivity index (χ0) is 12.4. The van der Waals surface area contributed by atoms with Gasteiger partial charge in [0.05, 0.1) is 13.0 Å². The van der Waals surface area contributed by atoms with Crippen molar-refractivity contribution in [1.82, 2.24) is 5.32 Å². The van der Waals surface area contributed by atoms with Gasteiger partial charge in [0.25, 0.3) is 0 Å². The Morgan fingerprint density at radius 1 is 1.35 bits per heavy atom. The standard InChI is InChI=1S/C13H24N2O2/c1-2-17-11(16)7-13(10-14)8-12(9-13)3-5-15-6-4-12/h15H,2-10,14H2,1H3. The number of hydrogen-bond acceptors (Lipinski definition) is 4. The second kappa shape index (κ2) is 4.94. The van der Waals surface area contributed by atoms with Crippen LogP contribution in [0, 0.1) is 10.8 Å². The molecule has 0 bridgehead atoms. The summed E-state index contributed by atoms with van der Waals surface area (Å²) in [5.74, 6) is -0.0817. The molecule has 0 unspecified atom stereocenters. The third-order valence-corrected chi connectivity index (χ3v) is 4.42. The molecule has 0 aromatic rings. The van der Waals surface area contributed by atoms with E-state index in [0.717, 1.165) is 25.9 Å². The van der Waals surface area contributed by atoms with Crippen LogP contribution < -0.4 is 11.1 Å². The molecule has 0 aromatic heterocycles. The van der Waals surface area contributed by atoms with Crippen LogP contribution in [0.15, 0.2) is 0 Å². The number of rotatable bonds is 4. The average Bonchev–Trinajstić information content (AvgIpc) is 2.28. The van der Waals surface area contributed by atoms with Crippen LogP contribution in [-0.2, 0) is 9.53 Å². The molecule has 1 aliphatic carbocycles. The van der Waals surface area contributed by atoms with Crippen molar-refractivity contribution in [2.45, 2.75) is 39.0 Å². The van der Waals surface area contributed by atoms with E-state index in [2.05, 4.69) is 5.32 Å². The molecule has 4 nitrogen and oxygen atoms in total. The molecular weight excluding hydrogens is 216 g/mol. The van der Waals surface area contributed by atoms with Crippen LogP contribution in [0.3, 0.4) is 0 Å². The highest BCUT2D eigenvalue weighted by molar-refractivity contribution is 5.70. The molecule has 0 radical (unpaired) electrons. The van der Waals surface area contributed by atoms with Gasteiger partial charge in [-0.15, -0.1) is 0 Å². The van der Waals surface area contributed by atoms with Gasteiger partial charge in [0.1, 0.15) is 0 Å². The first-order valence-corrected chi connectivity index (χ1v) is 6.70. The maximum atomic E-state index is 11.6. The lowest BCUT2D eigenvalue weighted by Gasteiger charge is -2.57. The Bertz CT molecular complexity index is 277. The van der Waals surface area contributed by atoms with E-state index in [1.54, 1.807) is 0 Å². The predicted octanol–water partition coefficient (Wildman–Crippen LogP) is 1.05. The fourth-order valence-electron chi connectivity index (χ4n) is 3.71. The summed E-state index contributed by atoms with van der Waals surface area (Å²) in [6.45, 7) is 5.15. The lowest BCUT2D eigenvalue weighted by Crippen LogP contribution is -2.55. The fraction of sp³-hybridized carbons (Fsp3) is 0.923. The van der Waals surface area contributed by atoms with Crippen LogP contribution >= 0.6 is 0 Å². The van der Waals surface area contributed by atoms with Crippen molar-refractivity contribution < 1.29 is 9.53 Å². The number of carbonyl (C=O) groups is 1. The van der Waals surface area contributed by atoms with Crippen molar-refractivity contribution in [3.8, 4) is 0 Å². The topological polar surface area (TPSA) is 64.3 Å². The minimum Gasteiger partial charge on any atom is -0.466 e. The maximum Gasteiger partial charge on any atom is 0.306 e. The van der Waals surface area contributed by atoms with E-state index in [-0.39, 0.29) is 11.4 Å². The van der Waals surface area contributed by atoms with Crippen LogP contribution in [0.5, 0.6) is 0 Å². The van der Waals surface area contributed by atoms with Crippen molar-refractivity contribution >= 4 is 5.97 Å². The van der Waals surface area contributed by atoms with Crippen LogP contribution in [-0.4, -0.2) is 32.2 Å². The van der Waals surface area contributed by atoms with Crippen LogP contribution in [0.4, 0.5) is 0 Å². The largest absolute Gasteiger partial charge is 0.466 e. The minimum absolute atomic E-state index is 0.0313. The molecule has 2 rings (SSSR count). The molecule has 0 atom stereocenters. The molecule has 1 spiro atoms. The Balaban J connectivity index is 1.89. The quantitative estimate of drug-likeness (QED) is 0.721. The average molecular weight is 240 g/mol. The summed E-state index contributed by atoms with van der Waals surface area (Å²) in [6.07, 6.45) is 5.19. The molecule has 17 heavy (non-hydrogen) atoms. The van der Waals surface area contributed by atoms with E-state index in [0.29, 0.717) is 25.0 Å². The van der Waals surface area contributed by atoms with Gasteiger partial charge < -0.3 is 15.8 Å². The van der Waals surface area contributed by atoms with Gasteiger partial charge in [0, 0.05) is 0 Å². The molecule has 1 saturated carbocycles. The van der Waals surface area contributed by atoms with Gasteiger partial charge in [0.2, 0.25) is 0 Å². The van der Waals surface area contributed by atoms with Crippen molar-refractivity contribution in [2.75, 3.05) is 26.2 Å². The number of carbonyl (C=O) groups excluding carboxylic acids is 1. The third kappa shape index (κ3) is 2.63. The second-order valence-electron chi connectivity index (χ2n) is 5.79. The lowest BCUT2D eigenvalue weighted by molar-refractivity contribution is -0.152. The van der Waals surface area contributed by atoms with Gasteiger partial charge in [-0.05, 0) is 63.1 Å². The van der Waals surface area contributed by atoms with Crippen molar-refractivity contribution in [3.05, 3.63) is 0 Å². The first-order chi connectivity index (χ1) is 8.14. The number of nitrogens with one attached hydrogen (secondary N) is 1. The number of esters is 1. The number of hydrogen-bond donors (Lipinski definition) is 2. The highest BCUT2D eigenvalue weighted by atomic mass is 16.5. The Hall–Kier alpha value is -0.610. The highest BCUT2D eigenvalue weighted by Crippen LogP contribution is 2.60. The third-order valence-electron chi connectivity index (χ3n) is 4.42. The SMILES string of the molecule is CCOC(=O)CC1(CN)CC2(CCNCC2)C1. The monoisotopic (exact) mass is 240 g/mol. The Morgan fingerprint density at radius 2 is 2.00 bits per heavy atom. The molecule has 4 heteroatoms. The molecule has 1 heterocycles. The van der Waals surface area contributed by atoms with Crippen molar-refractivity contribution in [1.29, 1.82) is 0 Å². The summed E-state index contributed by atoms with van der Waals surface area (Å²) in [5, 5.41) is 3.39. The molecule has 1 saturated heterocycles. The molecule has 2 fully saturated rings. The molecule has 2 aliphatic rings. The number of piperidine rings is 1. The smallest absolute Gasteiger partial charge is 0.306 e. The Kier molecular flexibility index (Phi) is 3.73. The van der Waals surface area contributed by atoms with Gasteiger partial charge in [-0.25, -0.2) is 0 Å². The Labute approximate surface area is 103 Å². The second-order valence-corrected chi connectivity index (χ2v) is 5.79. The molecular formula is C13H24N2O2. The molecule has 98 valence electrons.